The number of pyridine rings is 1. The standard InChI is InChI=1S/C20H21FN6O/c1-15-5-2-3-7-17(15)25-11-13-26(14-12-25)20(28)23-18-8-10-27(24-18)19-16(21)6-4-9-22-19/h2-10H,11-14H2,1H3,(H,23,24,28). The van der Waals surface area contributed by atoms with Gasteiger partial charge in [0, 0.05) is 50.3 Å². The topological polar surface area (TPSA) is 66.3 Å². The maximum Gasteiger partial charge on any atom is 0.323 e. The van der Waals surface area contributed by atoms with Crippen LogP contribution in [0.15, 0.2) is 54.9 Å². The van der Waals surface area contributed by atoms with Crippen LogP contribution in [-0.4, -0.2) is 51.9 Å². The van der Waals surface area contributed by atoms with Crippen LogP contribution >= 0.6 is 0 Å². The van der Waals surface area contributed by atoms with Crippen molar-refractivity contribution >= 4 is 17.5 Å². The van der Waals surface area contributed by atoms with Gasteiger partial charge in [-0.3, -0.25) is 5.32 Å². The van der Waals surface area contributed by atoms with Gasteiger partial charge in [0.05, 0.1) is 0 Å². The van der Waals surface area contributed by atoms with Crippen LogP contribution in [0, 0.1) is 12.7 Å². The monoisotopic (exact) mass is 380 g/mol. The second kappa shape index (κ2) is 7.67. The van der Waals surface area contributed by atoms with E-state index < -0.39 is 5.82 Å². The van der Waals surface area contributed by atoms with Crippen LogP contribution in [0.25, 0.3) is 5.82 Å². The minimum Gasteiger partial charge on any atom is -0.368 e. The Kier molecular flexibility index (Phi) is 4.92. The van der Waals surface area contributed by atoms with E-state index in [0.29, 0.717) is 18.9 Å². The largest absolute Gasteiger partial charge is 0.368 e. The summed E-state index contributed by atoms with van der Waals surface area (Å²) in [7, 11) is 0. The zero-order chi connectivity index (χ0) is 19.5. The van der Waals surface area contributed by atoms with Crippen molar-refractivity contribution < 1.29 is 9.18 Å². The van der Waals surface area contributed by atoms with Crippen LogP contribution in [0.5, 0.6) is 0 Å². The lowest BCUT2D eigenvalue weighted by Crippen LogP contribution is -2.50. The molecule has 7 nitrogen and oxygen atoms in total. The lowest BCUT2D eigenvalue weighted by Gasteiger charge is -2.36. The van der Waals surface area contributed by atoms with Crippen LogP contribution in [0.4, 0.5) is 20.7 Å². The number of urea groups is 1. The summed E-state index contributed by atoms with van der Waals surface area (Å²) in [6.45, 7) is 4.87. The summed E-state index contributed by atoms with van der Waals surface area (Å²) in [5, 5.41) is 6.97. The number of amides is 2. The van der Waals surface area contributed by atoms with E-state index in [4.69, 9.17) is 0 Å². The normalized spacial score (nSPS) is 14.2. The molecule has 0 bridgehead atoms. The van der Waals surface area contributed by atoms with Gasteiger partial charge < -0.3 is 9.80 Å². The average molecular weight is 380 g/mol. The number of piperazine rings is 1. The molecule has 1 fully saturated rings. The molecule has 3 heterocycles. The Labute approximate surface area is 162 Å². The highest BCUT2D eigenvalue weighted by Crippen LogP contribution is 2.21. The minimum absolute atomic E-state index is 0.0924. The molecule has 1 aliphatic heterocycles. The Hall–Kier alpha value is -3.42. The highest BCUT2D eigenvalue weighted by Gasteiger charge is 2.22. The van der Waals surface area contributed by atoms with Crippen molar-refractivity contribution in [3.05, 3.63) is 66.2 Å². The van der Waals surface area contributed by atoms with E-state index in [-0.39, 0.29) is 11.8 Å². The fraction of sp³-hybridized carbons (Fsp3) is 0.250. The number of aryl methyl sites for hydroxylation is 1. The van der Waals surface area contributed by atoms with Crippen LogP contribution in [0.1, 0.15) is 5.56 Å². The van der Waals surface area contributed by atoms with Crippen LogP contribution < -0.4 is 10.2 Å². The lowest BCUT2D eigenvalue weighted by atomic mass is 10.1. The fourth-order valence-corrected chi connectivity index (χ4v) is 3.31. The molecule has 28 heavy (non-hydrogen) atoms. The smallest absolute Gasteiger partial charge is 0.323 e. The Morgan fingerprint density at radius 1 is 1.07 bits per heavy atom. The molecule has 0 spiro atoms. The summed E-state index contributed by atoms with van der Waals surface area (Å²) in [6, 6.07) is 12.5. The van der Waals surface area contributed by atoms with E-state index in [1.54, 1.807) is 17.2 Å². The molecule has 1 saturated heterocycles. The number of aromatic nitrogens is 3. The third kappa shape index (κ3) is 3.66. The highest BCUT2D eigenvalue weighted by atomic mass is 19.1. The number of nitrogens with zero attached hydrogens (tertiary/aromatic N) is 5. The predicted octanol–water partition coefficient (Wildman–Crippen LogP) is 3.07. The van der Waals surface area contributed by atoms with Gasteiger partial charge in [-0.05, 0) is 30.7 Å². The molecule has 2 aromatic heterocycles. The third-order valence-corrected chi connectivity index (χ3v) is 4.80. The molecule has 2 amide bonds. The number of rotatable bonds is 3. The molecule has 0 aliphatic carbocycles. The molecular formula is C20H21FN6O. The quantitative estimate of drug-likeness (QED) is 0.758. The first-order valence-corrected chi connectivity index (χ1v) is 9.15. The predicted molar refractivity (Wildman–Crippen MR) is 105 cm³/mol. The molecule has 0 unspecified atom stereocenters. The Morgan fingerprint density at radius 2 is 1.86 bits per heavy atom. The van der Waals surface area contributed by atoms with Gasteiger partial charge in [0.25, 0.3) is 0 Å². The number of para-hydroxylation sites is 1. The number of carbonyl (C=O) groups is 1. The van der Waals surface area contributed by atoms with E-state index in [9.17, 15) is 9.18 Å². The lowest BCUT2D eigenvalue weighted by molar-refractivity contribution is 0.208. The van der Waals surface area contributed by atoms with Crippen molar-refractivity contribution in [2.24, 2.45) is 0 Å². The Morgan fingerprint density at radius 3 is 2.61 bits per heavy atom. The van der Waals surface area contributed by atoms with Gasteiger partial charge in [-0.15, -0.1) is 5.10 Å². The van der Waals surface area contributed by atoms with Crippen LogP contribution in [0.3, 0.4) is 0 Å². The zero-order valence-corrected chi connectivity index (χ0v) is 15.5. The van der Waals surface area contributed by atoms with E-state index in [1.807, 2.05) is 12.1 Å². The van der Waals surface area contributed by atoms with Gasteiger partial charge in [0.2, 0.25) is 0 Å². The summed E-state index contributed by atoms with van der Waals surface area (Å²) in [6.07, 6.45) is 3.06. The summed E-state index contributed by atoms with van der Waals surface area (Å²) < 4.78 is 15.1. The summed E-state index contributed by atoms with van der Waals surface area (Å²) in [5.41, 5.74) is 2.44. The molecule has 4 rings (SSSR count). The van der Waals surface area contributed by atoms with Gasteiger partial charge >= 0.3 is 6.03 Å². The Bertz CT molecular complexity index is 980. The fourth-order valence-electron chi connectivity index (χ4n) is 3.31. The van der Waals surface area contributed by atoms with Crippen molar-refractivity contribution in [3.63, 3.8) is 0 Å². The molecule has 1 aromatic carbocycles. The molecular weight excluding hydrogens is 359 g/mol. The van der Waals surface area contributed by atoms with Crippen molar-refractivity contribution in [1.29, 1.82) is 0 Å². The number of nitrogens with one attached hydrogen (secondary N) is 1. The summed E-state index contributed by atoms with van der Waals surface area (Å²) >= 11 is 0. The van der Waals surface area contributed by atoms with Gasteiger partial charge in [-0.25, -0.2) is 18.9 Å². The van der Waals surface area contributed by atoms with Crippen molar-refractivity contribution in [3.8, 4) is 5.82 Å². The highest BCUT2D eigenvalue weighted by molar-refractivity contribution is 5.88. The zero-order valence-electron chi connectivity index (χ0n) is 15.5. The molecule has 0 radical (unpaired) electrons. The molecule has 8 heteroatoms. The molecule has 1 N–H and O–H groups in total. The first-order valence-electron chi connectivity index (χ1n) is 9.15. The maximum absolute atomic E-state index is 13.8. The molecule has 1 aliphatic rings. The number of anilines is 2. The first-order chi connectivity index (χ1) is 13.6. The van der Waals surface area contributed by atoms with E-state index in [1.165, 1.54) is 34.3 Å². The maximum atomic E-state index is 13.8. The average Bonchev–Trinajstić information content (AvgIpc) is 3.17. The molecule has 0 atom stereocenters. The van der Waals surface area contributed by atoms with E-state index in [2.05, 4.69) is 39.4 Å². The van der Waals surface area contributed by atoms with Gasteiger partial charge in [0.1, 0.15) is 0 Å². The van der Waals surface area contributed by atoms with E-state index >= 15 is 0 Å². The van der Waals surface area contributed by atoms with Crippen molar-refractivity contribution in [1.82, 2.24) is 19.7 Å². The Balaban J connectivity index is 1.37. The number of benzene rings is 1. The van der Waals surface area contributed by atoms with E-state index in [0.717, 1.165) is 13.1 Å². The van der Waals surface area contributed by atoms with Crippen LogP contribution in [-0.2, 0) is 0 Å². The first kappa shape index (κ1) is 18.0. The SMILES string of the molecule is Cc1ccccc1N1CCN(C(=O)Nc2ccn(-c3ncccc3F)n2)CC1. The second-order valence-corrected chi connectivity index (χ2v) is 6.65. The molecule has 144 valence electrons. The van der Waals surface area contributed by atoms with Crippen molar-refractivity contribution in [2.75, 3.05) is 36.4 Å². The molecule has 3 aromatic rings. The minimum atomic E-state index is -0.476. The molecule has 0 saturated carbocycles. The van der Waals surface area contributed by atoms with Crippen LogP contribution in [0.2, 0.25) is 0 Å². The number of carbonyl (C=O) groups excluding carboxylic acids is 1. The summed E-state index contributed by atoms with van der Waals surface area (Å²) in [4.78, 5) is 20.6. The summed E-state index contributed by atoms with van der Waals surface area (Å²) in [5.74, 6) is -0.0259. The van der Waals surface area contributed by atoms with Gasteiger partial charge in [0.15, 0.2) is 17.5 Å². The van der Waals surface area contributed by atoms with Crippen molar-refractivity contribution in [2.45, 2.75) is 6.92 Å². The third-order valence-electron chi connectivity index (χ3n) is 4.80. The number of hydrogen-bond donors (Lipinski definition) is 1. The second-order valence-electron chi connectivity index (χ2n) is 6.65. The van der Waals surface area contributed by atoms with Gasteiger partial charge in [-0.1, -0.05) is 18.2 Å². The number of halogens is 1. The van der Waals surface area contributed by atoms with Gasteiger partial charge in [-0.2, -0.15) is 0 Å². The number of hydrogen-bond acceptors (Lipinski definition) is 4.